The summed E-state index contributed by atoms with van der Waals surface area (Å²) in [4.78, 5) is 14.4. The average Bonchev–Trinajstić information content (AvgIpc) is 2.71. The number of ether oxygens (including phenoxy) is 2. The Kier molecular flexibility index (Phi) is 2.64. The first-order chi connectivity index (χ1) is 7.74. The van der Waals surface area contributed by atoms with Gasteiger partial charge in [0.05, 0.1) is 13.4 Å². The van der Waals surface area contributed by atoms with Gasteiger partial charge in [0, 0.05) is 10.9 Å². The highest BCUT2D eigenvalue weighted by atomic mass is 16.5. The molecule has 0 amide bonds. The first-order valence-electron chi connectivity index (χ1n) is 4.73. The van der Waals surface area contributed by atoms with Crippen LogP contribution in [0.2, 0.25) is 0 Å². The molecule has 0 spiro atoms. The van der Waals surface area contributed by atoms with Crippen molar-refractivity contribution < 1.29 is 14.3 Å². The van der Waals surface area contributed by atoms with E-state index >= 15 is 0 Å². The van der Waals surface area contributed by atoms with Gasteiger partial charge < -0.3 is 14.5 Å². The number of esters is 1. The van der Waals surface area contributed by atoms with Crippen molar-refractivity contribution in [1.29, 1.82) is 0 Å². The highest BCUT2D eigenvalue weighted by Crippen LogP contribution is 2.21. The summed E-state index contributed by atoms with van der Waals surface area (Å²) in [6.45, 7) is 3.33. The van der Waals surface area contributed by atoms with Gasteiger partial charge in [-0.05, 0) is 24.3 Å². The van der Waals surface area contributed by atoms with Crippen LogP contribution in [0.3, 0.4) is 0 Å². The number of fused-ring (bicyclic) bond motifs is 1. The van der Waals surface area contributed by atoms with Crippen molar-refractivity contribution >= 4 is 16.9 Å². The fourth-order valence-corrected chi connectivity index (χ4v) is 1.49. The first kappa shape index (κ1) is 10.3. The molecular formula is C12H11NO3. The van der Waals surface area contributed by atoms with Crippen molar-refractivity contribution in [3.63, 3.8) is 0 Å². The topological polar surface area (TPSA) is 51.3 Å². The van der Waals surface area contributed by atoms with Crippen LogP contribution in [0.5, 0.6) is 5.75 Å². The Bertz CT molecular complexity index is 542. The van der Waals surface area contributed by atoms with Gasteiger partial charge in [-0.3, -0.25) is 0 Å². The van der Waals surface area contributed by atoms with E-state index in [1.807, 2.05) is 18.2 Å². The fraction of sp³-hybridized carbons (Fsp3) is 0.0833. The number of rotatable bonds is 3. The lowest BCUT2D eigenvalue weighted by Crippen LogP contribution is -1.99. The van der Waals surface area contributed by atoms with Crippen molar-refractivity contribution in [3.05, 3.63) is 42.8 Å². The molecule has 82 valence electrons. The second-order valence-corrected chi connectivity index (χ2v) is 3.21. The molecule has 0 aliphatic heterocycles. The van der Waals surface area contributed by atoms with Crippen LogP contribution >= 0.6 is 0 Å². The molecule has 2 aromatic rings. The molecule has 1 aromatic carbocycles. The van der Waals surface area contributed by atoms with Gasteiger partial charge in [-0.2, -0.15) is 0 Å². The molecule has 4 nitrogen and oxygen atoms in total. The zero-order valence-corrected chi connectivity index (χ0v) is 8.82. The fourth-order valence-electron chi connectivity index (χ4n) is 1.49. The molecule has 1 N–H and O–H groups in total. The molecule has 16 heavy (non-hydrogen) atoms. The minimum absolute atomic E-state index is 0.392. The van der Waals surface area contributed by atoms with Gasteiger partial charge in [-0.15, -0.1) is 0 Å². The molecular weight excluding hydrogens is 206 g/mol. The van der Waals surface area contributed by atoms with Gasteiger partial charge >= 0.3 is 5.97 Å². The molecule has 0 saturated carbocycles. The van der Waals surface area contributed by atoms with Gasteiger partial charge in [-0.25, -0.2) is 4.79 Å². The number of carbonyl (C=O) groups excluding carboxylic acids is 1. The van der Waals surface area contributed by atoms with Gasteiger partial charge in [0.15, 0.2) is 0 Å². The number of carbonyl (C=O) groups is 1. The summed E-state index contributed by atoms with van der Waals surface area (Å²) < 4.78 is 9.77. The summed E-state index contributed by atoms with van der Waals surface area (Å²) >= 11 is 0. The first-order valence-corrected chi connectivity index (χ1v) is 4.73. The maximum absolute atomic E-state index is 11.4. The Morgan fingerprint density at radius 1 is 1.44 bits per heavy atom. The summed E-state index contributed by atoms with van der Waals surface area (Å²) in [6, 6.07) is 7.22. The Morgan fingerprint density at radius 2 is 2.25 bits per heavy atom. The Balaban J connectivity index is 2.43. The van der Waals surface area contributed by atoms with Crippen LogP contribution in [0.1, 0.15) is 10.5 Å². The summed E-state index contributed by atoms with van der Waals surface area (Å²) in [5, 5.41) is 0.898. The average molecular weight is 217 g/mol. The minimum Gasteiger partial charge on any atom is -0.497 e. The van der Waals surface area contributed by atoms with Crippen LogP contribution in [-0.2, 0) is 4.74 Å². The number of aromatic nitrogens is 1. The Hall–Kier alpha value is -2.23. The SMILES string of the molecule is C=COC(=O)c1cc2cc(OC)ccc2[nH]1. The lowest BCUT2D eigenvalue weighted by molar-refractivity contribution is 0.0659. The highest BCUT2D eigenvalue weighted by molar-refractivity contribution is 5.95. The molecule has 1 aromatic heterocycles. The number of methoxy groups -OCH3 is 1. The number of hydrogen-bond acceptors (Lipinski definition) is 3. The summed E-state index contributed by atoms with van der Waals surface area (Å²) in [6.07, 6.45) is 1.11. The number of nitrogens with one attached hydrogen (secondary N) is 1. The molecule has 0 aliphatic carbocycles. The van der Waals surface area contributed by atoms with E-state index in [0.717, 1.165) is 22.9 Å². The van der Waals surface area contributed by atoms with Crippen molar-refractivity contribution in [3.8, 4) is 5.75 Å². The highest BCUT2D eigenvalue weighted by Gasteiger charge is 2.09. The second-order valence-electron chi connectivity index (χ2n) is 3.21. The Morgan fingerprint density at radius 3 is 2.94 bits per heavy atom. The summed E-state index contributed by atoms with van der Waals surface area (Å²) in [5.41, 5.74) is 1.25. The lowest BCUT2D eigenvalue weighted by atomic mass is 10.2. The van der Waals surface area contributed by atoms with Crippen molar-refractivity contribution in [2.45, 2.75) is 0 Å². The third kappa shape index (κ3) is 1.77. The van der Waals surface area contributed by atoms with E-state index in [0.29, 0.717) is 5.69 Å². The maximum Gasteiger partial charge on any atom is 0.359 e. The van der Waals surface area contributed by atoms with E-state index < -0.39 is 5.97 Å². The molecule has 1 heterocycles. The number of benzene rings is 1. The zero-order chi connectivity index (χ0) is 11.5. The number of hydrogen-bond donors (Lipinski definition) is 1. The molecule has 0 unspecified atom stereocenters. The predicted octanol–water partition coefficient (Wildman–Crippen LogP) is 2.48. The molecule has 0 fully saturated rings. The van der Waals surface area contributed by atoms with Gasteiger partial charge in [-0.1, -0.05) is 6.58 Å². The third-order valence-electron chi connectivity index (χ3n) is 2.24. The molecule has 2 rings (SSSR count). The van der Waals surface area contributed by atoms with Crippen LogP contribution in [0, 0.1) is 0 Å². The van der Waals surface area contributed by atoms with E-state index in [1.54, 1.807) is 13.2 Å². The smallest absolute Gasteiger partial charge is 0.359 e. The van der Waals surface area contributed by atoms with Gasteiger partial charge in [0.2, 0.25) is 0 Å². The molecule has 0 atom stereocenters. The molecule has 4 heteroatoms. The van der Waals surface area contributed by atoms with Crippen molar-refractivity contribution in [2.75, 3.05) is 7.11 Å². The van der Waals surface area contributed by atoms with Crippen molar-refractivity contribution in [2.24, 2.45) is 0 Å². The van der Waals surface area contributed by atoms with Gasteiger partial charge in [0.25, 0.3) is 0 Å². The van der Waals surface area contributed by atoms with Crippen LogP contribution < -0.4 is 4.74 Å². The van der Waals surface area contributed by atoms with E-state index in [9.17, 15) is 4.79 Å². The lowest BCUT2D eigenvalue weighted by Gasteiger charge is -1.97. The summed E-state index contributed by atoms with van der Waals surface area (Å²) in [5.74, 6) is 0.292. The zero-order valence-electron chi connectivity index (χ0n) is 8.82. The number of aromatic amines is 1. The van der Waals surface area contributed by atoms with Gasteiger partial charge in [0.1, 0.15) is 11.4 Å². The summed E-state index contributed by atoms with van der Waals surface area (Å²) in [7, 11) is 1.60. The van der Waals surface area contributed by atoms with E-state index in [-0.39, 0.29) is 0 Å². The third-order valence-corrected chi connectivity index (χ3v) is 2.24. The van der Waals surface area contributed by atoms with Crippen LogP contribution in [0.25, 0.3) is 10.9 Å². The second kappa shape index (κ2) is 4.10. The molecule has 0 bridgehead atoms. The normalized spacial score (nSPS) is 10.1. The molecule has 0 aliphatic rings. The van der Waals surface area contributed by atoms with Crippen LogP contribution in [0.4, 0.5) is 0 Å². The standard InChI is InChI=1S/C12H11NO3/c1-3-16-12(14)11-7-8-6-9(15-2)4-5-10(8)13-11/h3-7,13H,1H2,2H3. The predicted molar refractivity (Wildman–Crippen MR) is 60.5 cm³/mol. The quantitative estimate of drug-likeness (QED) is 0.634. The Labute approximate surface area is 92.5 Å². The van der Waals surface area contributed by atoms with E-state index in [4.69, 9.17) is 4.74 Å². The van der Waals surface area contributed by atoms with Crippen molar-refractivity contribution in [1.82, 2.24) is 4.98 Å². The molecule has 0 radical (unpaired) electrons. The largest absolute Gasteiger partial charge is 0.497 e. The van der Waals surface area contributed by atoms with E-state index in [2.05, 4.69) is 16.3 Å². The number of H-pyrrole nitrogens is 1. The monoisotopic (exact) mass is 217 g/mol. The van der Waals surface area contributed by atoms with Crippen LogP contribution in [-0.4, -0.2) is 18.1 Å². The maximum atomic E-state index is 11.4. The molecule has 0 saturated heterocycles. The minimum atomic E-state index is -0.454. The van der Waals surface area contributed by atoms with E-state index in [1.165, 1.54) is 0 Å². The van der Waals surface area contributed by atoms with Crippen LogP contribution in [0.15, 0.2) is 37.1 Å².